The van der Waals surface area contributed by atoms with Gasteiger partial charge in [0.25, 0.3) is 0 Å². The Hall–Kier alpha value is -0.450. The summed E-state index contributed by atoms with van der Waals surface area (Å²) in [6.45, 7) is 5.32. The Balaban J connectivity index is 2.10. The van der Waals surface area contributed by atoms with Gasteiger partial charge in [0.15, 0.2) is 0 Å². The fourth-order valence-corrected chi connectivity index (χ4v) is 2.28. The van der Waals surface area contributed by atoms with Gasteiger partial charge in [-0.25, -0.2) is 4.39 Å². The highest BCUT2D eigenvalue weighted by Crippen LogP contribution is 2.23. The summed E-state index contributed by atoms with van der Waals surface area (Å²) in [5, 5.41) is 0. The Morgan fingerprint density at radius 3 is 3.12 bits per heavy atom. The van der Waals surface area contributed by atoms with Crippen molar-refractivity contribution >= 4 is 15.9 Å². The molecule has 1 unspecified atom stereocenters. The maximum absolute atomic E-state index is 13.3. The van der Waals surface area contributed by atoms with Crippen molar-refractivity contribution < 1.29 is 9.13 Å². The molecule has 0 N–H and O–H groups in total. The summed E-state index contributed by atoms with van der Waals surface area (Å²) in [5.74, 6) is -0.196. The van der Waals surface area contributed by atoms with Gasteiger partial charge in [0.05, 0.1) is 17.7 Å². The normalized spacial score (nSPS) is 22.3. The Labute approximate surface area is 104 Å². The van der Waals surface area contributed by atoms with E-state index in [4.69, 9.17) is 4.74 Å². The van der Waals surface area contributed by atoms with Crippen LogP contribution >= 0.6 is 15.9 Å². The van der Waals surface area contributed by atoms with E-state index in [2.05, 4.69) is 27.8 Å². The van der Waals surface area contributed by atoms with Gasteiger partial charge >= 0.3 is 0 Å². The minimum Gasteiger partial charge on any atom is -0.379 e. The van der Waals surface area contributed by atoms with Crippen LogP contribution in [0.4, 0.5) is 4.39 Å². The van der Waals surface area contributed by atoms with E-state index in [1.165, 1.54) is 6.07 Å². The predicted molar refractivity (Wildman–Crippen MR) is 64.8 cm³/mol. The number of morpholine rings is 1. The summed E-state index contributed by atoms with van der Waals surface area (Å²) in [6, 6.07) is 5.57. The summed E-state index contributed by atoms with van der Waals surface area (Å²) in [6.07, 6.45) is 0. The molecule has 1 saturated heterocycles. The van der Waals surface area contributed by atoms with Gasteiger partial charge in [-0.15, -0.1) is 0 Å². The lowest BCUT2D eigenvalue weighted by Gasteiger charge is -2.33. The van der Waals surface area contributed by atoms with Gasteiger partial charge in [-0.1, -0.05) is 12.1 Å². The summed E-state index contributed by atoms with van der Waals surface area (Å²) in [5.41, 5.74) is 0.994. The molecule has 1 fully saturated rings. The lowest BCUT2D eigenvalue weighted by Crippen LogP contribution is -2.42. The topological polar surface area (TPSA) is 12.5 Å². The second-order valence-corrected chi connectivity index (χ2v) is 4.90. The average molecular weight is 288 g/mol. The molecule has 1 aliphatic heterocycles. The third-order valence-corrected chi connectivity index (χ3v) is 3.80. The van der Waals surface area contributed by atoms with E-state index >= 15 is 0 Å². The lowest BCUT2D eigenvalue weighted by molar-refractivity contribution is -0.00449. The molecule has 1 atom stereocenters. The summed E-state index contributed by atoms with van der Waals surface area (Å²) in [7, 11) is 0. The standard InChI is InChI=1S/C12H15BrFNO/c1-9-8-16-6-5-15(9)7-10-3-2-4-11(14)12(10)13/h2-4,9H,5-8H2,1H3. The molecule has 88 valence electrons. The molecule has 1 aromatic rings. The molecule has 2 nitrogen and oxygen atoms in total. The van der Waals surface area contributed by atoms with E-state index in [9.17, 15) is 4.39 Å². The first kappa shape index (κ1) is 12.0. The van der Waals surface area contributed by atoms with Crippen molar-refractivity contribution in [1.29, 1.82) is 0 Å². The van der Waals surface area contributed by atoms with Crippen LogP contribution in [0.1, 0.15) is 12.5 Å². The van der Waals surface area contributed by atoms with Crippen molar-refractivity contribution in [2.24, 2.45) is 0 Å². The first-order valence-electron chi connectivity index (χ1n) is 5.43. The number of nitrogens with zero attached hydrogens (tertiary/aromatic N) is 1. The van der Waals surface area contributed by atoms with Crippen LogP contribution < -0.4 is 0 Å². The molecule has 1 aliphatic rings. The van der Waals surface area contributed by atoms with Crippen molar-refractivity contribution in [2.75, 3.05) is 19.8 Å². The first-order chi connectivity index (χ1) is 7.68. The Morgan fingerprint density at radius 2 is 2.38 bits per heavy atom. The lowest BCUT2D eigenvalue weighted by atomic mass is 10.1. The van der Waals surface area contributed by atoms with Crippen molar-refractivity contribution in [3.63, 3.8) is 0 Å². The molecule has 0 amide bonds. The number of benzene rings is 1. The van der Waals surface area contributed by atoms with Crippen LogP contribution in [0.15, 0.2) is 22.7 Å². The molecule has 0 radical (unpaired) electrons. The molecular weight excluding hydrogens is 273 g/mol. The molecule has 1 heterocycles. The second-order valence-electron chi connectivity index (χ2n) is 4.11. The molecule has 0 aliphatic carbocycles. The minimum absolute atomic E-state index is 0.196. The number of ether oxygens (including phenoxy) is 1. The quantitative estimate of drug-likeness (QED) is 0.829. The van der Waals surface area contributed by atoms with Crippen LogP contribution in [0.25, 0.3) is 0 Å². The second kappa shape index (κ2) is 5.25. The van der Waals surface area contributed by atoms with Crippen LogP contribution in [-0.4, -0.2) is 30.7 Å². The zero-order valence-corrected chi connectivity index (χ0v) is 10.8. The van der Waals surface area contributed by atoms with Gasteiger partial charge in [0.1, 0.15) is 5.82 Å². The highest BCUT2D eigenvalue weighted by molar-refractivity contribution is 9.10. The van der Waals surface area contributed by atoms with Gasteiger partial charge in [-0.05, 0) is 34.5 Å². The zero-order valence-electron chi connectivity index (χ0n) is 9.25. The summed E-state index contributed by atoms with van der Waals surface area (Å²) < 4.78 is 19.3. The minimum atomic E-state index is -0.196. The van der Waals surface area contributed by atoms with Crippen LogP contribution in [0.3, 0.4) is 0 Å². The number of hydrogen-bond acceptors (Lipinski definition) is 2. The fourth-order valence-electron chi connectivity index (χ4n) is 1.89. The van der Waals surface area contributed by atoms with Crippen LogP contribution in [0.2, 0.25) is 0 Å². The van der Waals surface area contributed by atoms with Crippen molar-refractivity contribution in [2.45, 2.75) is 19.5 Å². The average Bonchev–Trinajstić information content (AvgIpc) is 2.28. The van der Waals surface area contributed by atoms with E-state index in [-0.39, 0.29) is 5.82 Å². The maximum atomic E-state index is 13.3. The van der Waals surface area contributed by atoms with Crippen LogP contribution in [0, 0.1) is 5.82 Å². The van der Waals surface area contributed by atoms with E-state index in [0.717, 1.165) is 31.9 Å². The molecule has 2 rings (SSSR count). The number of rotatable bonds is 2. The number of halogens is 2. The fraction of sp³-hybridized carbons (Fsp3) is 0.500. The van der Waals surface area contributed by atoms with Gasteiger partial charge in [0, 0.05) is 19.1 Å². The number of hydrogen-bond donors (Lipinski definition) is 0. The zero-order chi connectivity index (χ0) is 11.5. The third-order valence-electron chi connectivity index (χ3n) is 2.91. The molecule has 4 heteroatoms. The molecule has 0 bridgehead atoms. The highest BCUT2D eigenvalue weighted by atomic mass is 79.9. The molecule has 1 aromatic carbocycles. The molecule has 0 aromatic heterocycles. The van der Waals surface area contributed by atoms with Crippen LogP contribution in [0.5, 0.6) is 0 Å². The van der Waals surface area contributed by atoms with Gasteiger partial charge in [-0.2, -0.15) is 0 Å². The first-order valence-corrected chi connectivity index (χ1v) is 6.22. The van der Waals surface area contributed by atoms with Crippen LogP contribution in [-0.2, 0) is 11.3 Å². The summed E-state index contributed by atoms with van der Waals surface area (Å²) >= 11 is 3.29. The molecule has 0 saturated carbocycles. The van der Waals surface area contributed by atoms with Gasteiger partial charge < -0.3 is 4.74 Å². The van der Waals surface area contributed by atoms with Crippen molar-refractivity contribution in [3.8, 4) is 0 Å². The highest BCUT2D eigenvalue weighted by Gasteiger charge is 2.19. The van der Waals surface area contributed by atoms with E-state index in [1.807, 2.05) is 6.07 Å². The molecule has 16 heavy (non-hydrogen) atoms. The van der Waals surface area contributed by atoms with E-state index < -0.39 is 0 Å². The predicted octanol–water partition coefficient (Wildman–Crippen LogP) is 2.81. The molecule has 0 spiro atoms. The Morgan fingerprint density at radius 1 is 1.56 bits per heavy atom. The van der Waals surface area contributed by atoms with Crippen molar-refractivity contribution in [3.05, 3.63) is 34.1 Å². The van der Waals surface area contributed by atoms with Gasteiger partial charge in [-0.3, -0.25) is 4.90 Å². The van der Waals surface area contributed by atoms with Gasteiger partial charge in [0.2, 0.25) is 0 Å². The maximum Gasteiger partial charge on any atom is 0.137 e. The largest absolute Gasteiger partial charge is 0.379 e. The summed E-state index contributed by atoms with van der Waals surface area (Å²) in [4.78, 5) is 2.31. The third kappa shape index (κ3) is 2.62. The van der Waals surface area contributed by atoms with E-state index in [1.54, 1.807) is 6.07 Å². The monoisotopic (exact) mass is 287 g/mol. The Bertz CT molecular complexity index is 372. The van der Waals surface area contributed by atoms with Crippen molar-refractivity contribution in [1.82, 2.24) is 4.90 Å². The smallest absolute Gasteiger partial charge is 0.137 e. The van der Waals surface area contributed by atoms with E-state index in [0.29, 0.717) is 10.5 Å². The Kier molecular flexibility index (Phi) is 3.95. The molecular formula is C12H15BrFNO. The SMILES string of the molecule is CC1COCCN1Cc1cccc(F)c1Br.